The smallest absolute Gasteiger partial charge is 0.207 e. The average molecular weight is 340 g/mol. The molecule has 1 aliphatic heterocycles. The molecule has 0 aromatic heterocycles. The summed E-state index contributed by atoms with van der Waals surface area (Å²) in [6.07, 6.45) is 5.40. The summed E-state index contributed by atoms with van der Waals surface area (Å²) < 4.78 is 55.3. The number of piperidine rings is 1. The first kappa shape index (κ1) is 16.3. The first-order valence-electron chi connectivity index (χ1n) is 7.86. The predicted octanol–water partition coefficient (Wildman–Crippen LogP) is 3.18. The summed E-state index contributed by atoms with van der Waals surface area (Å²) in [5.41, 5.74) is -0.229. The zero-order chi connectivity index (χ0) is 16.6. The molecule has 0 amide bonds. The van der Waals surface area contributed by atoms with E-state index in [9.17, 15) is 17.2 Å². The number of fused-ring (bicyclic) bond motifs is 1. The normalized spacial score (nSPS) is 25.6. The lowest BCUT2D eigenvalue weighted by Gasteiger charge is -2.43. The number of nitrogens with zero attached hydrogens (tertiary/aromatic N) is 2. The summed E-state index contributed by atoms with van der Waals surface area (Å²) in [5, 5.41) is 8.74. The van der Waals surface area contributed by atoms with Crippen LogP contribution in [0, 0.1) is 28.9 Å². The summed E-state index contributed by atoms with van der Waals surface area (Å²) in [6.45, 7) is 0.294. The van der Waals surface area contributed by atoms with Crippen LogP contribution in [-0.4, -0.2) is 25.3 Å². The van der Waals surface area contributed by atoms with Crippen molar-refractivity contribution in [2.45, 2.75) is 49.5 Å². The zero-order valence-electron chi connectivity index (χ0n) is 12.6. The second-order valence-electron chi connectivity index (χ2n) is 6.25. The molecule has 3 rings (SSSR count). The van der Waals surface area contributed by atoms with Crippen LogP contribution in [0.25, 0.3) is 0 Å². The number of rotatable bonds is 2. The van der Waals surface area contributed by atoms with Gasteiger partial charge in [0, 0.05) is 12.6 Å². The number of nitriles is 1. The number of hydrogen-bond acceptors (Lipinski definition) is 3. The Kier molecular flexibility index (Phi) is 4.39. The lowest BCUT2D eigenvalue weighted by Crippen LogP contribution is -2.49. The van der Waals surface area contributed by atoms with Gasteiger partial charge in [0.2, 0.25) is 10.0 Å². The highest BCUT2D eigenvalue weighted by atomic mass is 32.2. The first-order chi connectivity index (χ1) is 10.9. The molecule has 0 bridgehead atoms. The summed E-state index contributed by atoms with van der Waals surface area (Å²) in [7, 11) is -4.24. The molecule has 0 spiro atoms. The van der Waals surface area contributed by atoms with Crippen LogP contribution in [0.2, 0.25) is 0 Å². The van der Waals surface area contributed by atoms with E-state index in [2.05, 4.69) is 0 Å². The standard InChI is InChI=1S/C16H18F2N2O2S/c17-13-8-11(10-19)9-14(18)16(13)23(21,22)20-7-3-5-12-4-1-2-6-15(12)20/h8-9,12,15H,1-7H2/t12-,15+/m0/s1. The van der Waals surface area contributed by atoms with E-state index in [4.69, 9.17) is 5.26 Å². The molecule has 23 heavy (non-hydrogen) atoms. The van der Waals surface area contributed by atoms with Gasteiger partial charge in [-0.1, -0.05) is 12.8 Å². The second-order valence-corrected chi connectivity index (χ2v) is 8.08. The SMILES string of the molecule is N#Cc1cc(F)c(S(=O)(=O)N2CCC[C@@H]3CCCC[C@H]32)c(F)c1. The fourth-order valence-electron chi connectivity index (χ4n) is 3.87. The highest BCUT2D eigenvalue weighted by Gasteiger charge is 2.42. The van der Waals surface area contributed by atoms with Crippen LogP contribution >= 0.6 is 0 Å². The van der Waals surface area contributed by atoms with Crippen molar-refractivity contribution in [1.82, 2.24) is 4.31 Å². The van der Waals surface area contributed by atoms with Crippen LogP contribution < -0.4 is 0 Å². The van der Waals surface area contributed by atoms with E-state index in [-0.39, 0.29) is 17.5 Å². The van der Waals surface area contributed by atoms with Crippen molar-refractivity contribution in [2.75, 3.05) is 6.54 Å². The molecule has 2 fully saturated rings. The maximum atomic E-state index is 14.2. The average Bonchev–Trinajstić information content (AvgIpc) is 2.53. The molecule has 2 aliphatic rings. The van der Waals surface area contributed by atoms with Crippen molar-refractivity contribution in [1.29, 1.82) is 5.26 Å². The minimum absolute atomic E-state index is 0.169. The van der Waals surface area contributed by atoms with Gasteiger partial charge in [-0.15, -0.1) is 0 Å². The molecule has 4 nitrogen and oxygen atoms in total. The van der Waals surface area contributed by atoms with E-state index in [1.165, 1.54) is 4.31 Å². The molecule has 2 atom stereocenters. The molecule has 0 radical (unpaired) electrons. The Morgan fingerprint density at radius 3 is 2.35 bits per heavy atom. The summed E-state index contributed by atoms with van der Waals surface area (Å²) in [6, 6.07) is 3.01. The van der Waals surface area contributed by atoms with Crippen LogP contribution in [0.1, 0.15) is 44.1 Å². The summed E-state index contributed by atoms with van der Waals surface area (Å²) in [4.78, 5) is -0.928. The maximum Gasteiger partial charge on any atom is 0.249 e. The van der Waals surface area contributed by atoms with Gasteiger partial charge in [0.1, 0.15) is 11.6 Å². The Morgan fingerprint density at radius 1 is 1.09 bits per heavy atom. The number of hydrogen-bond donors (Lipinski definition) is 0. The number of sulfonamides is 1. The number of benzene rings is 1. The predicted molar refractivity (Wildman–Crippen MR) is 79.9 cm³/mol. The molecular weight excluding hydrogens is 322 g/mol. The van der Waals surface area contributed by atoms with Crippen LogP contribution in [0.5, 0.6) is 0 Å². The van der Waals surface area contributed by atoms with Crippen molar-refractivity contribution < 1.29 is 17.2 Å². The molecule has 1 aliphatic carbocycles. The Labute approximate surface area is 134 Å². The van der Waals surface area contributed by atoms with E-state index in [1.807, 2.05) is 0 Å². The van der Waals surface area contributed by atoms with Crippen LogP contribution in [0.4, 0.5) is 8.78 Å². The molecule has 0 N–H and O–H groups in total. The van der Waals surface area contributed by atoms with Crippen molar-refractivity contribution in [3.8, 4) is 6.07 Å². The van der Waals surface area contributed by atoms with Gasteiger partial charge < -0.3 is 0 Å². The van der Waals surface area contributed by atoms with Gasteiger partial charge in [-0.3, -0.25) is 0 Å². The van der Waals surface area contributed by atoms with Crippen LogP contribution in [0.3, 0.4) is 0 Å². The Bertz CT molecular complexity index is 733. The van der Waals surface area contributed by atoms with Crippen LogP contribution in [-0.2, 0) is 10.0 Å². The molecule has 1 saturated carbocycles. The quantitative estimate of drug-likeness (QED) is 0.831. The largest absolute Gasteiger partial charge is 0.249 e. The van der Waals surface area contributed by atoms with E-state index in [0.717, 1.165) is 44.2 Å². The van der Waals surface area contributed by atoms with E-state index < -0.39 is 26.6 Å². The highest BCUT2D eigenvalue weighted by molar-refractivity contribution is 7.89. The number of halogens is 2. The van der Waals surface area contributed by atoms with Crippen LogP contribution in [0.15, 0.2) is 17.0 Å². The van der Waals surface area contributed by atoms with Gasteiger partial charge in [0.15, 0.2) is 4.90 Å². The summed E-state index contributed by atoms with van der Waals surface area (Å²) in [5.74, 6) is -2.12. The Morgan fingerprint density at radius 2 is 1.70 bits per heavy atom. The molecule has 0 unspecified atom stereocenters. The highest BCUT2D eigenvalue weighted by Crippen LogP contribution is 2.38. The second kappa shape index (κ2) is 6.17. The fraction of sp³-hybridized carbons (Fsp3) is 0.562. The molecule has 7 heteroatoms. The minimum Gasteiger partial charge on any atom is -0.207 e. The summed E-state index contributed by atoms with van der Waals surface area (Å²) >= 11 is 0. The topological polar surface area (TPSA) is 61.2 Å². The lowest BCUT2D eigenvalue weighted by molar-refractivity contribution is 0.128. The van der Waals surface area contributed by atoms with Crippen molar-refractivity contribution in [3.05, 3.63) is 29.3 Å². The third-order valence-corrected chi connectivity index (χ3v) is 6.86. The van der Waals surface area contributed by atoms with Gasteiger partial charge in [-0.2, -0.15) is 9.57 Å². The Hall–Kier alpha value is -1.52. The third-order valence-electron chi connectivity index (χ3n) is 4.89. The van der Waals surface area contributed by atoms with E-state index >= 15 is 0 Å². The zero-order valence-corrected chi connectivity index (χ0v) is 13.5. The fourth-order valence-corrected chi connectivity index (χ4v) is 5.71. The van der Waals surface area contributed by atoms with Crippen molar-refractivity contribution in [2.24, 2.45) is 5.92 Å². The monoisotopic (exact) mass is 340 g/mol. The van der Waals surface area contributed by atoms with E-state index in [1.54, 1.807) is 6.07 Å². The molecule has 1 aromatic rings. The van der Waals surface area contributed by atoms with Crippen molar-refractivity contribution in [3.63, 3.8) is 0 Å². The third kappa shape index (κ3) is 2.86. The molecular formula is C16H18F2N2O2S. The molecule has 1 heterocycles. The first-order valence-corrected chi connectivity index (χ1v) is 9.30. The van der Waals surface area contributed by atoms with Crippen molar-refractivity contribution >= 4 is 10.0 Å². The van der Waals surface area contributed by atoms with Gasteiger partial charge in [-0.25, -0.2) is 17.2 Å². The molecule has 124 valence electrons. The maximum absolute atomic E-state index is 14.2. The van der Waals surface area contributed by atoms with Gasteiger partial charge in [0.05, 0.1) is 11.6 Å². The molecule has 1 aromatic carbocycles. The minimum atomic E-state index is -4.24. The Balaban J connectivity index is 2.03. The van der Waals surface area contributed by atoms with Gasteiger partial charge >= 0.3 is 0 Å². The van der Waals surface area contributed by atoms with Gasteiger partial charge in [-0.05, 0) is 43.7 Å². The van der Waals surface area contributed by atoms with E-state index in [0.29, 0.717) is 13.0 Å². The lowest BCUT2D eigenvalue weighted by atomic mass is 9.79. The van der Waals surface area contributed by atoms with Gasteiger partial charge in [0.25, 0.3) is 0 Å². The molecule has 1 saturated heterocycles.